The summed E-state index contributed by atoms with van der Waals surface area (Å²) >= 11 is 6.84. The van der Waals surface area contributed by atoms with Crippen molar-refractivity contribution in [2.24, 2.45) is 0 Å². The molecule has 3 nitrogen and oxygen atoms in total. The number of benzene rings is 1. The molecular formula is C13H16Br2N2O. The van der Waals surface area contributed by atoms with Crippen LogP contribution in [0.1, 0.15) is 24.2 Å². The zero-order valence-electron chi connectivity index (χ0n) is 10.4. The topological polar surface area (TPSA) is 32.3 Å². The fourth-order valence-corrected chi connectivity index (χ4v) is 3.44. The van der Waals surface area contributed by atoms with Crippen LogP contribution in [0.2, 0.25) is 0 Å². The summed E-state index contributed by atoms with van der Waals surface area (Å²) in [5.41, 5.74) is 0.720. The third kappa shape index (κ3) is 3.13. The highest BCUT2D eigenvalue weighted by molar-refractivity contribution is 9.11. The third-order valence-corrected chi connectivity index (χ3v) is 4.05. The summed E-state index contributed by atoms with van der Waals surface area (Å²) in [6, 6.07) is 6.24. The number of nitrogens with one attached hydrogen (secondary N) is 1. The van der Waals surface area contributed by atoms with Gasteiger partial charge in [0.25, 0.3) is 5.91 Å². The number of piperazine rings is 1. The van der Waals surface area contributed by atoms with Crippen molar-refractivity contribution in [1.82, 2.24) is 10.2 Å². The van der Waals surface area contributed by atoms with Gasteiger partial charge in [-0.2, -0.15) is 0 Å². The summed E-state index contributed by atoms with van der Waals surface area (Å²) < 4.78 is 1.83. The van der Waals surface area contributed by atoms with Gasteiger partial charge in [-0.05, 0) is 32.0 Å². The molecular weight excluding hydrogens is 360 g/mol. The first kappa shape index (κ1) is 14.0. The molecule has 98 valence electrons. The molecule has 1 aromatic rings. The minimum atomic E-state index is 0.0952. The van der Waals surface area contributed by atoms with E-state index in [0.717, 1.165) is 27.6 Å². The van der Waals surface area contributed by atoms with Gasteiger partial charge in [-0.25, -0.2) is 0 Å². The summed E-state index contributed by atoms with van der Waals surface area (Å²) in [6.07, 6.45) is 0. The zero-order chi connectivity index (χ0) is 13.3. The number of carbonyl (C=O) groups is 1. The highest BCUT2D eigenvalue weighted by Crippen LogP contribution is 2.22. The van der Waals surface area contributed by atoms with Crippen LogP contribution in [0.4, 0.5) is 0 Å². The fourth-order valence-electron chi connectivity index (χ4n) is 2.15. The molecule has 18 heavy (non-hydrogen) atoms. The largest absolute Gasteiger partial charge is 0.333 e. The van der Waals surface area contributed by atoms with E-state index in [1.165, 1.54) is 0 Å². The smallest absolute Gasteiger partial charge is 0.254 e. The van der Waals surface area contributed by atoms with E-state index in [-0.39, 0.29) is 11.9 Å². The Balaban J connectivity index is 2.24. The Morgan fingerprint density at radius 2 is 1.89 bits per heavy atom. The Morgan fingerprint density at radius 3 is 2.50 bits per heavy atom. The Bertz CT molecular complexity index is 444. The predicted octanol–water partition coefficient (Wildman–Crippen LogP) is 3.03. The number of carbonyl (C=O) groups excluding carboxylic acids is 1. The number of hydrogen-bond donors (Lipinski definition) is 1. The normalized spacial score (nSPS) is 24.1. The van der Waals surface area contributed by atoms with Crippen molar-refractivity contribution in [2.45, 2.75) is 25.9 Å². The van der Waals surface area contributed by atoms with Gasteiger partial charge in [0.05, 0.1) is 0 Å². The van der Waals surface area contributed by atoms with E-state index in [1.54, 1.807) is 0 Å². The lowest BCUT2D eigenvalue weighted by atomic mass is 10.1. The van der Waals surface area contributed by atoms with Crippen molar-refractivity contribution in [2.75, 3.05) is 13.1 Å². The zero-order valence-corrected chi connectivity index (χ0v) is 13.6. The predicted molar refractivity (Wildman–Crippen MR) is 79.8 cm³/mol. The van der Waals surface area contributed by atoms with Gasteiger partial charge < -0.3 is 10.2 Å². The fraction of sp³-hybridized carbons (Fsp3) is 0.462. The van der Waals surface area contributed by atoms with Crippen LogP contribution in [-0.2, 0) is 0 Å². The Hall–Kier alpha value is -0.390. The lowest BCUT2D eigenvalue weighted by molar-refractivity contribution is 0.0616. The highest BCUT2D eigenvalue weighted by Gasteiger charge is 2.27. The van der Waals surface area contributed by atoms with Gasteiger partial charge in [0.2, 0.25) is 0 Å². The van der Waals surface area contributed by atoms with Crippen LogP contribution < -0.4 is 5.32 Å². The second kappa shape index (κ2) is 5.72. The Labute approximate surface area is 124 Å². The standard InChI is InChI=1S/C13H16Br2N2O/c1-8-7-17(9(2)6-16-8)13(18)10-3-11(14)5-12(15)4-10/h3-5,8-9,16H,6-7H2,1-2H3. The Morgan fingerprint density at radius 1 is 1.28 bits per heavy atom. The summed E-state index contributed by atoms with van der Waals surface area (Å²) in [4.78, 5) is 14.5. The molecule has 1 saturated heterocycles. The molecule has 1 fully saturated rings. The summed E-state index contributed by atoms with van der Waals surface area (Å²) in [5.74, 6) is 0.0952. The second-order valence-corrected chi connectivity index (χ2v) is 6.61. The molecule has 0 aliphatic carbocycles. The molecule has 1 amide bonds. The summed E-state index contributed by atoms with van der Waals surface area (Å²) in [5, 5.41) is 3.38. The molecule has 0 aromatic heterocycles. The highest BCUT2D eigenvalue weighted by atomic mass is 79.9. The maximum atomic E-state index is 12.5. The average Bonchev–Trinajstić information content (AvgIpc) is 2.30. The first-order valence-corrected chi connectivity index (χ1v) is 7.56. The van der Waals surface area contributed by atoms with E-state index in [0.29, 0.717) is 6.04 Å². The number of hydrogen-bond acceptors (Lipinski definition) is 2. The van der Waals surface area contributed by atoms with Gasteiger partial charge in [-0.15, -0.1) is 0 Å². The number of halogens is 2. The van der Waals surface area contributed by atoms with E-state index in [1.807, 2.05) is 23.1 Å². The van der Waals surface area contributed by atoms with Crippen molar-refractivity contribution < 1.29 is 4.79 Å². The molecule has 2 unspecified atom stereocenters. The Kier molecular flexibility index (Phi) is 4.45. The number of rotatable bonds is 1. The van der Waals surface area contributed by atoms with Crippen LogP contribution >= 0.6 is 31.9 Å². The monoisotopic (exact) mass is 374 g/mol. The first-order valence-electron chi connectivity index (χ1n) is 5.98. The average molecular weight is 376 g/mol. The van der Waals surface area contributed by atoms with Gasteiger partial charge in [0.1, 0.15) is 0 Å². The van der Waals surface area contributed by atoms with Crippen molar-refractivity contribution in [1.29, 1.82) is 0 Å². The van der Waals surface area contributed by atoms with Gasteiger partial charge in [-0.1, -0.05) is 31.9 Å². The second-order valence-electron chi connectivity index (χ2n) is 4.77. The maximum Gasteiger partial charge on any atom is 0.254 e. The molecule has 1 aliphatic heterocycles. The van der Waals surface area contributed by atoms with Crippen LogP contribution in [0.15, 0.2) is 27.1 Å². The molecule has 0 bridgehead atoms. The first-order chi connectivity index (χ1) is 8.47. The summed E-state index contributed by atoms with van der Waals surface area (Å²) in [7, 11) is 0. The van der Waals surface area contributed by atoms with E-state index in [2.05, 4.69) is 51.0 Å². The van der Waals surface area contributed by atoms with Crippen LogP contribution in [0.3, 0.4) is 0 Å². The SMILES string of the molecule is CC1CN(C(=O)c2cc(Br)cc(Br)c2)C(C)CN1. The van der Waals surface area contributed by atoms with Crippen molar-refractivity contribution in [3.8, 4) is 0 Å². The van der Waals surface area contributed by atoms with Crippen molar-refractivity contribution in [3.05, 3.63) is 32.7 Å². The van der Waals surface area contributed by atoms with Gasteiger partial charge >= 0.3 is 0 Å². The lowest BCUT2D eigenvalue weighted by Crippen LogP contribution is -2.56. The minimum Gasteiger partial charge on any atom is -0.333 e. The molecule has 0 spiro atoms. The molecule has 0 saturated carbocycles. The molecule has 2 rings (SSSR count). The molecule has 5 heteroatoms. The minimum absolute atomic E-state index is 0.0952. The van der Waals surface area contributed by atoms with Crippen LogP contribution in [0.25, 0.3) is 0 Å². The summed E-state index contributed by atoms with van der Waals surface area (Å²) in [6.45, 7) is 5.78. The van der Waals surface area contributed by atoms with Crippen molar-refractivity contribution >= 4 is 37.8 Å². The molecule has 1 aromatic carbocycles. The quantitative estimate of drug-likeness (QED) is 0.818. The van der Waals surface area contributed by atoms with E-state index in [9.17, 15) is 4.79 Å². The van der Waals surface area contributed by atoms with Gasteiger partial charge in [-0.3, -0.25) is 4.79 Å². The van der Waals surface area contributed by atoms with Gasteiger partial charge in [0, 0.05) is 39.7 Å². The van der Waals surface area contributed by atoms with E-state index in [4.69, 9.17) is 0 Å². The molecule has 1 heterocycles. The number of amides is 1. The van der Waals surface area contributed by atoms with Crippen LogP contribution in [0.5, 0.6) is 0 Å². The van der Waals surface area contributed by atoms with E-state index >= 15 is 0 Å². The third-order valence-electron chi connectivity index (χ3n) is 3.13. The van der Waals surface area contributed by atoms with E-state index < -0.39 is 0 Å². The lowest BCUT2D eigenvalue weighted by Gasteiger charge is -2.37. The van der Waals surface area contributed by atoms with Crippen LogP contribution in [0, 0.1) is 0 Å². The number of nitrogens with zero attached hydrogens (tertiary/aromatic N) is 1. The molecule has 1 aliphatic rings. The van der Waals surface area contributed by atoms with Gasteiger partial charge in [0.15, 0.2) is 0 Å². The maximum absolute atomic E-state index is 12.5. The molecule has 2 atom stereocenters. The molecule has 1 N–H and O–H groups in total. The van der Waals surface area contributed by atoms with Crippen LogP contribution in [-0.4, -0.2) is 36.0 Å². The van der Waals surface area contributed by atoms with Crippen molar-refractivity contribution in [3.63, 3.8) is 0 Å². The molecule has 0 radical (unpaired) electrons.